The average molecular weight is 325 g/mol. The first kappa shape index (κ1) is 19.2. The summed E-state index contributed by atoms with van der Waals surface area (Å²) in [6, 6.07) is 1.97. The van der Waals surface area contributed by atoms with E-state index in [2.05, 4.69) is 5.10 Å². The minimum atomic E-state index is -0.0387. The number of hydrogen-bond donors (Lipinski definition) is 1. The highest BCUT2D eigenvalue weighted by molar-refractivity contribution is 5.85. The van der Waals surface area contributed by atoms with E-state index in [0.29, 0.717) is 26.2 Å². The number of nitrogens with zero attached hydrogens (tertiary/aromatic N) is 3. The number of aryl methyl sites for hydroxylation is 2. The largest absolute Gasteiger partial charge is 0.373 e. The zero-order chi connectivity index (χ0) is 13.1. The van der Waals surface area contributed by atoms with E-state index in [0.717, 1.165) is 11.4 Å². The van der Waals surface area contributed by atoms with Crippen molar-refractivity contribution in [3.8, 4) is 0 Å². The lowest BCUT2D eigenvalue weighted by atomic mass is 10.2. The summed E-state index contributed by atoms with van der Waals surface area (Å²) in [5.74, 6) is 0.0722. The molecular weight excluding hydrogens is 303 g/mol. The molecular formula is C12H22Cl2N4O2. The fourth-order valence-corrected chi connectivity index (χ4v) is 2.15. The van der Waals surface area contributed by atoms with E-state index >= 15 is 0 Å². The molecule has 2 heterocycles. The smallest absolute Gasteiger partial charge is 0.244 e. The molecule has 8 heteroatoms. The fraction of sp³-hybridized carbons (Fsp3) is 0.667. The van der Waals surface area contributed by atoms with Crippen molar-refractivity contribution in [2.45, 2.75) is 26.5 Å². The van der Waals surface area contributed by atoms with Crippen LogP contribution in [0.4, 0.5) is 0 Å². The second-order valence-corrected chi connectivity index (χ2v) is 4.65. The molecule has 1 fully saturated rings. The molecule has 2 rings (SSSR count). The second kappa shape index (κ2) is 8.46. The van der Waals surface area contributed by atoms with Crippen LogP contribution in [0.15, 0.2) is 6.07 Å². The highest BCUT2D eigenvalue weighted by atomic mass is 35.5. The molecule has 2 N–H and O–H groups in total. The predicted octanol–water partition coefficient (Wildman–Crippen LogP) is 0.530. The second-order valence-electron chi connectivity index (χ2n) is 4.65. The molecule has 1 amide bonds. The first-order valence-corrected chi connectivity index (χ1v) is 6.20. The molecule has 0 aliphatic carbocycles. The summed E-state index contributed by atoms with van der Waals surface area (Å²) in [4.78, 5) is 14.0. The Morgan fingerprint density at radius 3 is 2.75 bits per heavy atom. The van der Waals surface area contributed by atoms with Gasteiger partial charge in [-0.3, -0.25) is 9.48 Å². The van der Waals surface area contributed by atoms with Crippen LogP contribution in [0.25, 0.3) is 0 Å². The van der Waals surface area contributed by atoms with Crippen molar-refractivity contribution in [1.82, 2.24) is 14.7 Å². The quantitative estimate of drug-likeness (QED) is 0.880. The van der Waals surface area contributed by atoms with E-state index in [1.807, 2.05) is 19.9 Å². The molecule has 116 valence electrons. The van der Waals surface area contributed by atoms with Crippen LogP contribution in [0.1, 0.15) is 11.4 Å². The Hall–Kier alpha value is -0.820. The fourth-order valence-electron chi connectivity index (χ4n) is 2.15. The highest BCUT2D eigenvalue weighted by Crippen LogP contribution is 2.07. The Morgan fingerprint density at radius 1 is 1.50 bits per heavy atom. The molecule has 0 bridgehead atoms. The van der Waals surface area contributed by atoms with Gasteiger partial charge in [0, 0.05) is 25.3 Å². The first-order valence-electron chi connectivity index (χ1n) is 6.20. The third-order valence-corrected chi connectivity index (χ3v) is 3.14. The van der Waals surface area contributed by atoms with Gasteiger partial charge in [-0.05, 0) is 19.9 Å². The molecule has 1 unspecified atom stereocenters. The van der Waals surface area contributed by atoms with Crippen molar-refractivity contribution in [3.63, 3.8) is 0 Å². The van der Waals surface area contributed by atoms with Gasteiger partial charge in [-0.15, -0.1) is 24.8 Å². The lowest BCUT2D eigenvalue weighted by Crippen LogP contribution is -2.49. The maximum absolute atomic E-state index is 12.2. The van der Waals surface area contributed by atoms with Gasteiger partial charge < -0.3 is 15.4 Å². The zero-order valence-electron chi connectivity index (χ0n) is 11.7. The van der Waals surface area contributed by atoms with Crippen molar-refractivity contribution >= 4 is 30.7 Å². The number of nitrogens with two attached hydrogens (primary N) is 1. The molecule has 0 spiro atoms. The maximum Gasteiger partial charge on any atom is 0.244 e. The van der Waals surface area contributed by atoms with E-state index in [-0.39, 0.29) is 43.4 Å². The van der Waals surface area contributed by atoms with Gasteiger partial charge in [0.2, 0.25) is 5.91 Å². The molecule has 1 saturated heterocycles. The van der Waals surface area contributed by atoms with Crippen LogP contribution in [0.2, 0.25) is 0 Å². The summed E-state index contributed by atoms with van der Waals surface area (Å²) >= 11 is 0. The van der Waals surface area contributed by atoms with Gasteiger partial charge in [0.25, 0.3) is 0 Å². The highest BCUT2D eigenvalue weighted by Gasteiger charge is 2.23. The summed E-state index contributed by atoms with van der Waals surface area (Å²) < 4.78 is 7.18. The van der Waals surface area contributed by atoms with Crippen LogP contribution in [0, 0.1) is 13.8 Å². The Balaban J connectivity index is 0.00000180. The summed E-state index contributed by atoms with van der Waals surface area (Å²) in [7, 11) is 0. The number of halogens is 2. The van der Waals surface area contributed by atoms with Gasteiger partial charge in [-0.1, -0.05) is 0 Å². The Bertz CT molecular complexity index is 439. The lowest BCUT2D eigenvalue weighted by Gasteiger charge is -2.32. The molecule has 1 aliphatic rings. The van der Waals surface area contributed by atoms with E-state index in [9.17, 15) is 4.79 Å². The molecule has 1 atom stereocenters. The van der Waals surface area contributed by atoms with Gasteiger partial charge >= 0.3 is 0 Å². The molecule has 0 saturated carbocycles. The number of carbonyl (C=O) groups is 1. The number of rotatable bonds is 3. The van der Waals surface area contributed by atoms with Crippen molar-refractivity contribution in [3.05, 3.63) is 17.5 Å². The van der Waals surface area contributed by atoms with Gasteiger partial charge in [-0.2, -0.15) is 5.10 Å². The summed E-state index contributed by atoms with van der Waals surface area (Å²) in [6.07, 6.45) is -0.0387. The van der Waals surface area contributed by atoms with E-state index < -0.39 is 0 Å². The zero-order valence-corrected chi connectivity index (χ0v) is 13.4. The third-order valence-electron chi connectivity index (χ3n) is 3.14. The number of amides is 1. The molecule has 0 radical (unpaired) electrons. The van der Waals surface area contributed by atoms with Gasteiger partial charge in [0.1, 0.15) is 6.54 Å². The van der Waals surface area contributed by atoms with Crippen molar-refractivity contribution < 1.29 is 9.53 Å². The first-order chi connectivity index (χ1) is 8.60. The number of aromatic nitrogens is 2. The third kappa shape index (κ3) is 4.63. The molecule has 6 nitrogen and oxygen atoms in total. The van der Waals surface area contributed by atoms with Crippen LogP contribution in [0.5, 0.6) is 0 Å². The van der Waals surface area contributed by atoms with Gasteiger partial charge in [-0.25, -0.2) is 0 Å². The van der Waals surface area contributed by atoms with E-state index in [1.54, 1.807) is 9.58 Å². The standard InChI is InChI=1S/C12H20N4O2.2ClH/c1-9-5-10(2)16(14-9)8-12(17)15-3-4-18-11(6-13)7-15;;/h5,11H,3-4,6-8,13H2,1-2H3;2*1H. The number of ether oxygens (including phenoxy) is 1. The van der Waals surface area contributed by atoms with Crippen molar-refractivity contribution in [2.24, 2.45) is 5.73 Å². The molecule has 1 aromatic heterocycles. The van der Waals surface area contributed by atoms with Crippen LogP contribution >= 0.6 is 24.8 Å². The minimum absolute atomic E-state index is 0. The summed E-state index contributed by atoms with van der Waals surface area (Å²) in [5, 5.41) is 4.30. The minimum Gasteiger partial charge on any atom is -0.373 e. The maximum atomic E-state index is 12.2. The Labute approximate surface area is 131 Å². The number of morpholine rings is 1. The molecule has 20 heavy (non-hydrogen) atoms. The SMILES string of the molecule is Cc1cc(C)n(CC(=O)N2CCOC(CN)C2)n1.Cl.Cl. The molecule has 1 aromatic rings. The average Bonchev–Trinajstić information content (AvgIpc) is 2.68. The monoisotopic (exact) mass is 324 g/mol. The van der Waals surface area contributed by atoms with Crippen molar-refractivity contribution in [1.29, 1.82) is 0 Å². The number of hydrogen-bond acceptors (Lipinski definition) is 4. The van der Waals surface area contributed by atoms with Crippen molar-refractivity contribution in [2.75, 3.05) is 26.2 Å². The Kier molecular flexibility index (Phi) is 8.12. The topological polar surface area (TPSA) is 73.4 Å². The van der Waals surface area contributed by atoms with E-state index in [4.69, 9.17) is 10.5 Å². The Morgan fingerprint density at radius 2 is 2.20 bits per heavy atom. The van der Waals surface area contributed by atoms with Crippen LogP contribution in [-0.4, -0.2) is 52.9 Å². The van der Waals surface area contributed by atoms with Crippen LogP contribution < -0.4 is 5.73 Å². The van der Waals surface area contributed by atoms with E-state index in [1.165, 1.54) is 0 Å². The van der Waals surface area contributed by atoms with Gasteiger partial charge in [0.15, 0.2) is 0 Å². The molecule has 1 aliphatic heterocycles. The van der Waals surface area contributed by atoms with Crippen LogP contribution in [-0.2, 0) is 16.1 Å². The number of carbonyl (C=O) groups excluding carboxylic acids is 1. The normalized spacial score (nSPS) is 18.1. The van der Waals surface area contributed by atoms with Crippen LogP contribution in [0.3, 0.4) is 0 Å². The molecule has 0 aromatic carbocycles. The summed E-state index contributed by atoms with van der Waals surface area (Å²) in [5.41, 5.74) is 7.50. The lowest BCUT2D eigenvalue weighted by molar-refractivity contribution is -0.139. The predicted molar refractivity (Wildman–Crippen MR) is 81.6 cm³/mol. The summed E-state index contributed by atoms with van der Waals surface area (Å²) in [6.45, 7) is 6.39. The van der Waals surface area contributed by atoms with Gasteiger partial charge in [0.05, 0.1) is 18.4 Å².